The molecule has 4 heteroatoms. The van der Waals surface area contributed by atoms with E-state index in [0.717, 1.165) is 25.8 Å². The standard InChI is InChI=1S/C10H17NO2.ClH/c12-9(13)10-5-3-1-2-4-8(10)6-11-7-10;/h8,11H,1-7H2,(H,12,13);1H. The summed E-state index contributed by atoms with van der Waals surface area (Å²) in [6.07, 6.45) is 5.48. The Morgan fingerprint density at radius 1 is 1.36 bits per heavy atom. The summed E-state index contributed by atoms with van der Waals surface area (Å²) in [6, 6.07) is 0. The fourth-order valence-electron chi connectivity index (χ4n) is 2.85. The van der Waals surface area contributed by atoms with E-state index in [2.05, 4.69) is 5.32 Å². The summed E-state index contributed by atoms with van der Waals surface area (Å²) in [5.41, 5.74) is -0.420. The van der Waals surface area contributed by atoms with Crippen LogP contribution in [0.15, 0.2) is 0 Å². The van der Waals surface area contributed by atoms with Crippen LogP contribution < -0.4 is 5.32 Å². The molecule has 0 aromatic carbocycles. The smallest absolute Gasteiger partial charge is 0.311 e. The third kappa shape index (κ3) is 1.75. The lowest BCUT2D eigenvalue weighted by atomic mass is 9.74. The maximum absolute atomic E-state index is 11.3. The third-order valence-electron chi connectivity index (χ3n) is 3.71. The lowest BCUT2D eigenvalue weighted by Gasteiger charge is -2.27. The highest BCUT2D eigenvalue weighted by atomic mass is 35.5. The predicted molar refractivity (Wildman–Crippen MR) is 56.8 cm³/mol. The molecule has 3 nitrogen and oxygen atoms in total. The van der Waals surface area contributed by atoms with Crippen LogP contribution in [0.3, 0.4) is 0 Å². The highest BCUT2D eigenvalue weighted by Gasteiger charge is 2.49. The van der Waals surface area contributed by atoms with Crippen LogP contribution in [0.2, 0.25) is 0 Å². The normalized spacial score (nSPS) is 36.7. The highest BCUT2D eigenvalue weighted by Crippen LogP contribution is 2.42. The molecule has 2 unspecified atom stereocenters. The molecule has 1 saturated heterocycles. The molecule has 0 radical (unpaired) electrons. The van der Waals surface area contributed by atoms with Gasteiger partial charge in [0, 0.05) is 6.54 Å². The van der Waals surface area contributed by atoms with Crippen molar-refractivity contribution >= 4 is 18.4 Å². The number of nitrogens with one attached hydrogen (secondary N) is 1. The summed E-state index contributed by atoms with van der Waals surface area (Å²) >= 11 is 0. The Morgan fingerprint density at radius 2 is 2.14 bits per heavy atom. The Kier molecular flexibility index (Phi) is 3.78. The van der Waals surface area contributed by atoms with Crippen molar-refractivity contribution in [1.82, 2.24) is 5.32 Å². The van der Waals surface area contributed by atoms with Crippen molar-refractivity contribution < 1.29 is 9.90 Å². The Morgan fingerprint density at radius 3 is 2.86 bits per heavy atom. The molecule has 2 atom stereocenters. The van der Waals surface area contributed by atoms with E-state index >= 15 is 0 Å². The molecule has 0 aromatic heterocycles. The molecule has 2 N–H and O–H groups in total. The van der Waals surface area contributed by atoms with Crippen molar-refractivity contribution in [2.24, 2.45) is 11.3 Å². The Balaban J connectivity index is 0.000000980. The average Bonchev–Trinajstić information content (AvgIpc) is 2.40. The van der Waals surface area contributed by atoms with Crippen LogP contribution in [0, 0.1) is 11.3 Å². The number of carbonyl (C=O) groups is 1. The van der Waals surface area contributed by atoms with Crippen LogP contribution in [-0.2, 0) is 4.79 Å². The quantitative estimate of drug-likeness (QED) is 0.705. The predicted octanol–water partition coefficient (Wildman–Crippen LogP) is 1.66. The first kappa shape index (κ1) is 11.8. The highest BCUT2D eigenvalue weighted by molar-refractivity contribution is 5.85. The number of hydrogen-bond acceptors (Lipinski definition) is 2. The summed E-state index contributed by atoms with van der Waals surface area (Å²) in [5, 5.41) is 12.5. The van der Waals surface area contributed by atoms with Crippen molar-refractivity contribution in [2.45, 2.75) is 32.1 Å². The van der Waals surface area contributed by atoms with E-state index < -0.39 is 11.4 Å². The Hall–Kier alpha value is -0.280. The van der Waals surface area contributed by atoms with Crippen molar-refractivity contribution in [3.63, 3.8) is 0 Å². The number of carboxylic acid groups (broad SMARTS) is 1. The number of carboxylic acids is 1. The topological polar surface area (TPSA) is 49.3 Å². The molecular weight excluding hydrogens is 202 g/mol. The van der Waals surface area contributed by atoms with E-state index in [1.165, 1.54) is 12.8 Å². The third-order valence-corrected chi connectivity index (χ3v) is 3.71. The zero-order valence-corrected chi connectivity index (χ0v) is 9.11. The first-order valence-electron chi connectivity index (χ1n) is 5.20. The number of rotatable bonds is 1. The average molecular weight is 220 g/mol. The lowest BCUT2D eigenvalue weighted by Crippen LogP contribution is -2.38. The fraction of sp³-hybridized carbons (Fsp3) is 0.900. The van der Waals surface area contributed by atoms with Crippen LogP contribution in [0.4, 0.5) is 0 Å². The zero-order valence-electron chi connectivity index (χ0n) is 8.29. The fourth-order valence-corrected chi connectivity index (χ4v) is 2.85. The SMILES string of the molecule is Cl.O=C(O)C12CCCCCC1CNC2. The summed E-state index contributed by atoms with van der Waals surface area (Å²) in [4.78, 5) is 11.3. The Labute approximate surface area is 90.7 Å². The van der Waals surface area contributed by atoms with E-state index in [9.17, 15) is 9.90 Å². The van der Waals surface area contributed by atoms with Crippen molar-refractivity contribution in [3.05, 3.63) is 0 Å². The number of hydrogen-bond donors (Lipinski definition) is 2. The van der Waals surface area contributed by atoms with Crippen LogP contribution >= 0.6 is 12.4 Å². The van der Waals surface area contributed by atoms with E-state index in [1.807, 2.05) is 0 Å². The van der Waals surface area contributed by atoms with Crippen LogP contribution in [0.5, 0.6) is 0 Å². The van der Waals surface area contributed by atoms with E-state index in [4.69, 9.17) is 0 Å². The van der Waals surface area contributed by atoms with Gasteiger partial charge in [-0.15, -0.1) is 12.4 Å². The van der Waals surface area contributed by atoms with Gasteiger partial charge in [0.2, 0.25) is 0 Å². The van der Waals surface area contributed by atoms with Crippen molar-refractivity contribution in [2.75, 3.05) is 13.1 Å². The molecular formula is C10H18ClNO2. The second-order valence-electron chi connectivity index (χ2n) is 4.39. The molecule has 0 spiro atoms. The van der Waals surface area contributed by atoms with Gasteiger partial charge in [-0.1, -0.05) is 19.3 Å². The van der Waals surface area contributed by atoms with Gasteiger partial charge < -0.3 is 10.4 Å². The second-order valence-corrected chi connectivity index (χ2v) is 4.39. The molecule has 0 amide bonds. The minimum Gasteiger partial charge on any atom is -0.481 e. The first-order valence-corrected chi connectivity index (χ1v) is 5.20. The number of aliphatic carboxylic acids is 1. The number of fused-ring (bicyclic) bond motifs is 1. The molecule has 0 bridgehead atoms. The maximum atomic E-state index is 11.3. The zero-order chi connectivity index (χ0) is 9.31. The van der Waals surface area contributed by atoms with Gasteiger partial charge >= 0.3 is 5.97 Å². The Bertz CT molecular complexity index is 222. The van der Waals surface area contributed by atoms with Crippen molar-refractivity contribution in [3.8, 4) is 0 Å². The largest absolute Gasteiger partial charge is 0.481 e. The molecule has 82 valence electrons. The van der Waals surface area contributed by atoms with Gasteiger partial charge in [0.05, 0.1) is 5.41 Å². The summed E-state index contributed by atoms with van der Waals surface area (Å²) in [6.45, 7) is 1.60. The minimum absolute atomic E-state index is 0. The molecule has 2 rings (SSSR count). The minimum atomic E-state index is -0.579. The molecule has 1 aliphatic carbocycles. The molecule has 14 heavy (non-hydrogen) atoms. The van der Waals surface area contributed by atoms with E-state index in [0.29, 0.717) is 12.5 Å². The van der Waals surface area contributed by atoms with Gasteiger partial charge in [-0.05, 0) is 25.3 Å². The summed E-state index contributed by atoms with van der Waals surface area (Å²) < 4.78 is 0. The van der Waals surface area contributed by atoms with Crippen molar-refractivity contribution in [1.29, 1.82) is 0 Å². The molecule has 1 saturated carbocycles. The lowest BCUT2D eigenvalue weighted by molar-refractivity contribution is -0.150. The van der Waals surface area contributed by atoms with Gasteiger partial charge in [0.15, 0.2) is 0 Å². The monoisotopic (exact) mass is 219 g/mol. The molecule has 1 heterocycles. The molecule has 2 aliphatic rings. The molecule has 1 aliphatic heterocycles. The van der Waals surface area contributed by atoms with Gasteiger partial charge in [0.1, 0.15) is 0 Å². The first-order chi connectivity index (χ1) is 6.26. The van der Waals surface area contributed by atoms with Gasteiger partial charge in [-0.25, -0.2) is 0 Å². The van der Waals surface area contributed by atoms with E-state index in [-0.39, 0.29) is 12.4 Å². The second kappa shape index (κ2) is 4.49. The van der Waals surface area contributed by atoms with Gasteiger partial charge in [0.25, 0.3) is 0 Å². The van der Waals surface area contributed by atoms with Crippen LogP contribution in [0.1, 0.15) is 32.1 Å². The maximum Gasteiger partial charge on any atom is 0.311 e. The van der Waals surface area contributed by atoms with Gasteiger partial charge in [-0.2, -0.15) is 0 Å². The van der Waals surface area contributed by atoms with Crippen LogP contribution in [0.25, 0.3) is 0 Å². The summed E-state index contributed by atoms with van der Waals surface area (Å²) in [5.74, 6) is -0.197. The van der Waals surface area contributed by atoms with E-state index in [1.54, 1.807) is 0 Å². The molecule has 2 fully saturated rings. The number of halogens is 1. The molecule has 0 aromatic rings. The summed E-state index contributed by atoms with van der Waals surface area (Å²) in [7, 11) is 0. The van der Waals surface area contributed by atoms with Gasteiger partial charge in [-0.3, -0.25) is 4.79 Å². The van der Waals surface area contributed by atoms with Crippen LogP contribution in [-0.4, -0.2) is 24.2 Å².